The molecule has 1 rings (SSSR count). The number of hydrogen-bond donors (Lipinski definition) is 1. The van der Waals surface area contributed by atoms with Gasteiger partial charge in [0, 0.05) is 6.42 Å². The van der Waals surface area contributed by atoms with Gasteiger partial charge in [-0.25, -0.2) is 4.39 Å². The van der Waals surface area contributed by atoms with E-state index < -0.39 is 0 Å². The number of aryl methyl sites for hydroxylation is 2. The molecule has 0 bridgehead atoms. The Kier molecular flexibility index (Phi) is 3.37. The average Bonchev–Trinajstić information content (AvgIpc) is 2.07. The molecule has 0 saturated carbocycles. The summed E-state index contributed by atoms with van der Waals surface area (Å²) < 4.78 is 12.8. The number of halogens is 1. The lowest BCUT2D eigenvalue weighted by atomic mass is 10.1. The second-order valence-electron chi connectivity index (χ2n) is 3.05. The first-order valence-electron chi connectivity index (χ1n) is 4.13. The standard InChI is InChI=1S/C10H12FNS/c1-7-6-8(2-4-9(7)11)3-5-10(12)13/h2,4,6H,3,5H2,1H3,(H2,12,13). The van der Waals surface area contributed by atoms with Gasteiger partial charge in [0.15, 0.2) is 0 Å². The van der Waals surface area contributed by atoms with Crippen molar-refractivity contribution in [3.63, 3.8) is 0 Å². The van der Waals surface area contributed by atoms with Crippen LogP contribution in [-0.4, -0.2) is 4.99 Å². The summed E-state index contributed by atoms with van der Waals surface area (Å²) in [5.41, 5.74) is 7.11. The van der Waals surface area contributed by atoms with Crippen LogP contribution in [0.3, 0.4) is 0 Å². The summed E-state index contributed by atoms with van der Waals surface area (Å²) in [6.45, 7) is 1.75. The van der Waals surface area contributed by atoms with Crippen LogP contribution < -0.4 is 5.73 Å². The zero-order valence-electron chi connectivity index (χ0n) is 7.51. The lowest BCUT2D eigenvalue weighted by molar-refractivity contribution is 0.617. The molecule has 1 aromatic rings. The van der Waals surface area contributed by atoms with E-state index >= 15 is 0 Å². The van der Waals surface area contributed by atoms with Crippen molar-refractivity contribution in [1.82, 2.24) is 0 Å². The molecule has 0 fully saturated rings. The summed E-state index contributed by atoms with van der Waals surface area (Å²) in [4.78, 5) is 0.502. The number of thiocarbonyl (C=S) groups is 1. The van der Waals surface area contributed by atoms with Gasteiger partial charge < -0.3 is 5.73 Å². The predicted molar refractivity (Wildman–Crippen MR) is 56.2 cm³/mol. The van der Waals surface area contributed by atoms with Crippen molar-refractivity contribution in [2.24, 2.45) is 5.73 Å². The second kappa shape index (κ2) is 4.33. The van der Waals surface area contributed by atoms with Gasteiger partial charge in [-0.15, -0.1) is 0 Å². The van der Waals surface area contributed by atoms with E-state index in [1.54, 1.807) is 13.0 Å². The lowest BCUT2D eigenvalue weighted by Crippen LogP contribution is -2.08. The molecule has 70 valence electrons. The monoisotopic (exact) mass is 197 g/mol. The summed E-state index contributed by atoms with van der Waals surface area (Å²) in [7, 11) is 0. The highest BCUT2D eigenvalue weighted by Gasteiger charge is 1.99. The minimum atomic E-state index is -0.168. The van der Waals surface area contributed by atoms with Crippen molar-refractivity contribution in [3.8, 4) is 0 Å². The largest absolute Gasteiger partial charge is 0.393 e. The number of rotatable bonds is 3. The van der Waals surface area contributed by atoms with Crippen LogP contribution in [0.25, 0.3) is 0 Å². The molecule has 0 radical (unpaired) electrons. The van der Waals surface area contributed by atoms with Crippen LogP contribution in [-0.2, 0) is 6.42 Å². The van der Waals surface area contributed by atoms with Gasteiger partial charge in [-0.3, -0.25) is 0 Å². The van der Waals surface area contributed by atoms with Gasteiger partial charge in [0.25, 0.3) is 0 Å². The summed E-state index contributed by atoms with van der Waals surface area (Å²) >= 11 is 4.76. The third kappa shape index (κ3) is 3.11. The molecule has 1 nitrogen and oxygen atoms in total. The second-order valence-corrected chi connectivity index (χ2v) is 3.57. The van der Waals surface area contributed by atoms with Gasteiger partial charge in [0.2, 0.25) is 0 Å². The summed E-state index contributed by atoms with van der Waals surface area (Å²) in [6.07, 6.45) is 1.47. The summed E-state index contributed by atoms with van der Waals surface area (Å²) in [5, 5.41) is 0. The van der Waals surface area contributed by atoms with E-state index in [1.165, 1.54) is 6.07 Å². The maximum Gasteiger partial charge on any atom is 0.126 e. The van der Waals surface area contributed by atoms with Crippen LogP contribution >= 0.6 is 12.2 Å². The maximum atomic E-state index is 12.8. The van der Waals surface area contributed by atoms with Crippen molar-refractivity contribution in [3.05, 3.63) is 35.1 Å². The van der Waals surface area contributed by atoms with E-state index in [4.69, 9.17) is 18.0 Å². The van der Waals surface area contributed by atoms with Crippen LogP contribution in [0.2, 0.25) is 0 Å². The van der Waals surface area contributed by atoms with Crippen molar-refractivity contribution in [2.75, 3.05) is 0 Å². The maximum absolute atomic E-state index is 12.8. The Balaban J connectivity index is 2.68. The highest BCUT2D eigenvalue weighted by Crippen LogP contribution is 2.10. The van der Waals surface area contributed by atoms with Crippen LogP contribution in [0, 0.1) is 12.7 Å². The topological polar surface area (TPSA) is 26.0 Å². The van der Waals surface area contributed by atoms with Crippen LogP contribution in [0.15, 0.2) is 18.2 Å². The molecule has 0 heterocycles. The predicted octanol–water partition coefficient (Wildman–Crippen LogP) is 2.35. The number of benzene rings is 1. The van der Waals surface area contributed by atoms with Crippen LogP contribution in [0.5, 0.6) is 0 Å². The zero-order valence-corrected chi connectivity index (χ0v) is 8.33. The zero-order chi connectivity index (χ0) is 9.84. The quantitative estimate of drug-likeness (QED) is 0.753. The van der Waals surface area contributed by atoms with Gasteiger partial charge in [0.05, 0.1) is 4.99 Å². The van der Waals surface area contributed by atoms with Crippen molar-refractivity contribution in [1.29, 1.82) is 0 Å². The molecule has 0 saturated heterocycles. The smallest absolute Gasteiger partial charge is 0.126 e. The fraction of sp³-hybridized carbons (Fsp3) is 0.300. The van der Waals surface area contributed by atoms with Gasteiger partial charge >= 0.3 is 0 Å². The van der Waals surface area contributed by atoms with E-state index in [1.807, 2.05) is 6.07 Å². The van der Waals surface area contributed by atoms with Gasteiger partial charge in [-0.1, -0.05) is 24.4 Å². The third-order valence-electron chi connectivity index (χ3n) is 1.88. The average molecular weight is 197 g/mol. The fourth-order valence-electron chi connectivity index (χ4n) is 1.13. The first-order chi connectivity index (χ1) is 6.09. The minimum Gasteiger partial charge on any atom is -0.393 e. The fourth-order valence-corrected chi connectivity index (χ4v) is 1.23. The van der Waals surface area contributed by atoms with Crippen LogP contribution in [0.1, 0.15) is 17.5 Å². The van der Waals surface area contributed by atoms with Crippen molar-refractivity contribution < 1.29 is 4.39 Å². The highest BCUT2D eigenvalue weighted by molar-refractivity contribution is 7.80. The molecule has 0 atom stereocenters. The van der Waals surface area contributed by atoms with E-state index in [-0.39, 0.29) is 5.82 Å². The molecule has 1 aromatic carbocycles. The Bertz CT molecular complexity index is 323. The Labute approximate surface area is 82.8 Å². The van der Waals surface area contributed by atoms with E-state index in [0.29, 0.717) is 17.0 Å². The Hall–Kier alpha value is -0.960. The molecule has 0 spiro atoms. The molecule has 0 amide bonds. The molecule has 0 aliphatic carbocycles. The lowest BCUT2D eigenvalue weighted by Gasteiger charge is -2.02. The highest BCUT2D eigenvalue weighted by atomic mass is 32.1. The SMILES string of the molecule is Cc1cc(CCC(N)=S)ccc1F. The Morgan fingerprint density at radius 3 is 2.77 bits per heavy atom. The summed E-state index contributed by atoms with van der Waals surface area (Å²) in [6, 6.07) is 5.07. The Morgan fingerprint density at radius 2 is 2.23 bits per heavy atom. The molecule has 2 N–H and O–H groups in total. The Morgan fingerprint density at radius 1 is 1.54 bits per heavy atom. The molecule has 0 aliphatic rings. The van der Waals surface area contributed by atoms with Gasteiger partial charge in [-0.05, 0) is 30.5 Å². The van der Waals surface area contributed by atoms with E-state index in [0.717, 1.165) is 12.0 Å². The first-order valence-corrected chi connectivity index (χ1v) is 4.54. The van der Waals surface area contributed by atoms with Gasteiger partial charge in [0.1, 0.15) is 5.82 Å². The molecule has 3 heteroatoms. The molecule has 0 aliphatic heterocycles. The van der Waals surface area contributed by atoms with Gasteiger partial charge in [-0.2, -0.15) is 0 Å². The number of hydrogen-bond acceptors (Lipinski definition) is 1. The normalized spacial score (nSPS) is 10.0. The van der Waals surface area contributed by atoms with Crippen molar-refractivity contribution in [2.45, 2.75) is 19.8 Å². The van der Waals surface area contributed by atoms with E-state index in [9.17, 15) is 4.39 Å². The van der Waals surface area contributed by atoms with Crippen molar-refractivity contribution >= 4 is 17.2 Å². The molecule has 13 heavy (non-hydrogen) atoms. The number of nitrogens with two attached hydrogens (primary N) is 1. The third-order valence-corrected chi connectivity index (χ3v) is 2.09. The summed E-state index contributed by atoms with van der Waals surface area (Å²) in [5.74, 6) is -0.168. The first kappa shape index (κ1) is 10.1. The molecule has 0 unspecified atom stereocenters. The minimum absolute atomic E-state index is 0.168. The molecule has 0 aromatic heterocycles. The molecular weight excluding hydrogens is 185 g/mol. The van der Waals surface area contributed by atoms with E-state index in [2.05, 4.69) is 0 Å². The molecular formula is C10H12FNS. The van der Waals surface area contributed by atoms with Crippen LogP contribution in [0.4, 0.5) is 4.39 Å².